The minimum Gasteiger partial charge on any atom is -0.342 e. The van der Waals surface area contributed by atoms with Gasteiger partial charge in [-0.05, 0) is 18.4 Å². The molecule has 0 unspecified atom stereocenters. The Kier molecular flexibility index (Phi) is 4.34. The summed E-state index contributed by atoms with van der Waals surface area (Å²) in [6, 6.07) is 10.4. The normalized spacial score (nSPS) is 18.7. The maximum absolute atomic E-state index is 11.5. The number of rotatable bonds is 3. The first kappa shape index (κ1) is 14.3. The summed E-state index contributed by atoms with van der Waals surface area (Å²) in [6.45, 7) is 3.38. The molecule has 0 saturated carbocycles. The number of carbonyl (C=O) groups excluding carboxylic acids is 1. The van der Waals surface area contributed by atoms with Crippen LogP contribution in [0.15, 0.2) is 35.7 Å². The van der Waals surface area contributed by atoms with Crippen molar-refractivity contribution in [1.29, 1.82) is 0 Å². The molecule has 0 aliphatic carbocycles. The van der Waals surface area contributed by atoms with E-state index in [0.29, 0.717) is 5.92 Å². The molecule has 21 heavy (non-hydrogen) atoms. The van der Waals surface area contributed by atoms with Gasteiger partial charge in [-0.2, -0.15) is 0 Å². The third kappa shape index (κ3) is 3.50. The fourth-order valence-electron chi connectivity index (χ4n) is 2.86. The molecule has 1 aliphatic heterocycles. The van der Waals surface area contributed by atoms with Crippen LogP contribution in [0.2, 0.25) is 0 Å². The van der Waals surface area contributed by atoms with Crippen LogP contribution >= 0.6 is 11.3 Å². The van der Waals surface area contributed by atoms with Gasteiger partial charge in [-0.25, -0.2) is 4.98 Å². The van der Waals surface area contributed by atoms with Gasteiger partial charge < -0.3 is 4.90 Å². The van der Waals surface area contributed by atoms with Crippen LogP contribution in [0.25, 0.3) is 0 Å². The highest BCUT2D eigenvalue weighted by atomic mass is 32.1. The molecule has 0 spiro atoms. The fourth-order valence-corrected chi connectivity index (χ4v) is 3.81. The van der Waals surface area contributed by atoms with Crippen molar-refractivity contribution >= 4 is 17.2 Å². The van der Waals surface area contributed by atoms with Gasteiger partial charge in [0.15, 0.2) is 0 Å². The first-order valence-electron chi connectivity index (χ1n) is 7.46. The van der Waals surface area contributed by atoms with Crippen molar-refractivity contribution in [2.24, 2.45) is 0 Å². The van der Waals surface area contributed by atoms with Crippen LogP contribution in [0.3, 0.4) is 0 Å². The number of amides is 1. The van der Waals surface area contributed by atoms with Crippen molar-refractivity contribution in [3.05, 3.63) is 52.0 Å². The van der Waals surface area contributed by atoms with Crippen molar-refractivity contribution < 1.29 is 4.79 Å². The molecule has 1 atom stereocenters. The second-order valence-corrected chi connectivity index (χ2v) is 6.53. The Morgan fingerprint density at radius 2 is 2.19 bits per heavy atom. The predicted octanol–water partition coefficient (Wildman–Crippen LogP) is 3.46. The largest absolute Gasteiger partial charge is 0.342 e. The third-order valence-corrected chi connectivity index (χ3v) is 5.07. The molecular weight excluding hydrogens is 280 g/mol. The Labute approximate surface area is 129 Å². The summed E-state index contributed by atoms with van der Waals surface area (Å²) in [4.78, 5) is 18.3. The lowest BCUT2D eigenvalue weighted by atomic mass is 9.98. The van der Waals surface area contributed by atoms with Gasteiger partial charge in [-0.1, -0.05) is 30.3 Å². The average molecular weight is 300 g/mol. The molecule has 110 valence electrons. The van der Waals surface area contributed by atoms with E-state index in [2.05, 4.69) is 29.6 Å². The number of hydrogen-bond acceptors (Lipinski definition) is 3. The van der Waals surface area contributed by atoms with Crippen LogP contribution in [0, 0.1) is 0 Å². The van der Waals surface area contributed by atoms with E-state index in [1.165, 1.54) is 10.6 Å². The van der Waals surface area contributed by atoms with E-state index in [9.17, 15) is 4.79 Å². The summed E-state index contributed by atoms with van der Waals surface area (Å²) in [7, 11) is 0. The van der Waals surface area contributed by atoms with Crippen molar-refractivity contribution in [2.75, 3.05) is 13.1 Å². The van der Waals surface area contributed by atoms with Crippen LogP contribution in [0.1, 0.15) is 41.9 Å². The number of likely N-dealkylation sites (tertiary alicyclic amines) is 1. The summed E-state index contributed by atoms with van der Waals surface area (Å²) in [5, 5.41) is 3.35. The summed E-state index contributed by atoms with van der Waals surface area (Å²) in [6.07, 6.45) is 3.11. The van der Waals surface area contributed by atoms with E-state index in [1.54, 1.807) is 18.3 Å². The molecule has 4 heteroatoms. The Bertz CT molecular complexity index is 608. The second-order valence-electron chi connectivity index (χ2n) is 5.64. The van der Waals surface area contributed by atoms with Gasteiger partial charge in [-0.15, -0.1) is 11.3 Å². The number of thiazole rings is 1. The topological polar surface area (TPSA) is 33.2 Å². The van der Waals surface area contributed by atoms with Gasteiger partial charge in [0.1, 0.15) is 0 Å². The van der Waals surface area contributed by atoms with Crippen LogP contribution in [-0.4, -0.2) is 28.9 Å². The Morgan fingerprint density at radius 1 is 1.38 bits per heavy atom. The van der Waals surface area contributed by atoms with Crippen molar-refractivity contribution in [2.45, 2.75) is 32.1 Å². The van der Waals surface area contributed by atoms with E-state index in [-0.39, 0.29) is 5.91 Å². The molecule has 1 amide bonds. The highest BCUT2D eigenvalue weighted by molar-refractivity contribution is 7.09. The van der Waals surface area contributed by atoms with E-state index < -0.39 is 0 Å². The van der Waals surface area contributed by atoms with Gasteiger partial charge in [0, 0.05) is 37.7 Å². The summed E-state index contributed by atoms with van der Waals surface area (Å²) < 4.78 is 0. The molecule has 1 aromatic heterocycles. The number of benzene rings is 1. The number of piperidine rings is 1. The molecule has 0 N–H and O–H groups in total. The van der Waals surface area contributed by atoms with Crippen LogP contribution in [0.5, 0.6) is 0 Å². The predicted molar refractivity (Wildman–Crippen MR) is 85.6 cm³/mol. The van der Waals surface area contributed by atoms with E-state index in [0.717, 1.165) is 38.0 Å². The zero-order valence-electron chi connectivity index (χ0n) is 12.3. The monoisotopic (exact) mass is 300 g/mol. The molecule has 2 heterocycles. The van der Waals surface area contributed by atoms with Gasteiger partial charge in [0.05, 0.1) is 10.7 Å². The van der Waals surface area contributed by atoms with E-state index in [4.69, 9.17) is 4.98 Å². The van der Waals surface area contributed by atoms with E-state index in [1.807, 2.05) is 11.0 Å². The number of aromatic nitrogens is 1. The smallest absolute Gasteiger partial charge is 0.219 e. The zero-order valence-corrected chi connectivity index (χ0v) is 13.1. The first-order valence-corrected chi connectivity index (χ1v) is 8.34. The Morgan fingerprint density at radius 3 is 2.95 bits per heavy atom. The van der Waals surface area contributed by atoms with Crippen LogP contribution in [0.4, 0.5) is 0 Å². The van der Waals surface area contributed by atoms with Crippen LogP contribution < -0.4 is 0 Å². The SMILES string of the molecule is CC(=O)N1CCC[C@H](c2nc(Cc3ccccc3)cs2)C1. The minimum atomic E-state index is 0.181. The van der Waals surface area contributed by atoms with Gasteiger partial charge in [0.25, 0.3) is 0 Å². The molecule has 2 aromatic rings. The minimum absolute atomic E-state index is 0.181. The lowest BCUT2D eigenvalue weighted by Gasteiger charge is -2.30. The molecular formula is C17H20N2OS. The molecule has 1 aliphatic rings. The molecule has 3 nitrogen and oxygen atoms in total. The van der Waals surface area contributed by atoms with E-state index >= 15 is 0 Å². The molecule has 1 aromatic carbocycles. The Balaban J connectivity index is 1.68. The summed E-state index contributed by atoms with van der Waals surface area (Å²) in [5.74, 6) is 0.595. The lowest BCUT2D eigenvalue weighted by molar-refractivity contribution is -0.130. The van der Waals surface area contributed by atoms with Crippen molar-refractivity contribution in [1.82, 2.24) is 9.88 Å². The maximum atomic E-state index is 11.5. The molecule has 0 radical (unpaired) electrons. The first-order chi connectivity index (χ1) is 10.2. The van der Waals surface area contributed by atoms with Gasteiger partial charge >= 0.3 is 0 Å². The highest BCUT2D eigenvalue weighted by Gasteiger charge is 2.24. The quantitative estimate of drug-likeness (QED) is 0.869. The number of nitrogens with zero attached hydrogens (tertiary/aromatic N) is 2. The molecule has 1 saturated heterocycles. The lowest BCUT2D eigenvalue weighted by Crippen LogP contribution is -2.37. The van der Waals surface area contributed by atoms with Crippen molar-refractivity contribution in [3.63, 3.8) is 0 Å². The molecule has 3 rings (SSSR count). The Hall–Kier alpha value is -1.68. The maximum Gasteiger partial charge on any atom is 0.219 e. The molecule has 1 fully saturated rings. The fraction of sp³-hybridized carbons (Fsp3) is 0.412. The summed E-state index contributed by atoms with van der Waals surface area (Å²) in [5.41, 5.74) is 2.43. The standard InChI is InChI=1S/C17H20N2OS/c1-13(20)19-9-5-8-15(11-19)17-18-16(12-21-17)10-14-6-3-2-4-7-14/h2-4,6-7,12,15H,5,8-11H2,1H3/t15-/m0/s1. The molecule has 0 bridgehead atoms. The second kappa shape index (κ2) is 6.39. The third-order valence-electron chi connectivity index (χ3n) is 4.01. The number of hydrogen-bond donors (Lipinski definition) is 0. The van der Waals surface area contributed by atoms with Gasteiger partial charge in [-0.3, -0.25) is 4.79 Å². The zero-order chi connectivity index (χ0) is 14.7. The van der Waals surface area contributed by atoms with Crippen molar-refractivity contribution in [3.8, 4) is 0 Å². The average Bonchev–Trinajstić information content (AvgIpc) is 2.97. The van der Waals surface area contributed by atoms with Gasteiger partial charge in [0.2, 0.25) is 5.91 Å². The summed E-state index contributed by atoms with van der Waals surface area (Å²) >= 11 is 1.74. The van der Waals surface area contributed by atoms with Crippen LogP contribution in [-0.2, 0) is 11.2 Å². The highest BCUT2D eigenvalue weighted by Crippen LogP contribution is 2.29. The number of carbonyl (C=O) groups is 1.